The Bertz CT molecular complexity index is 2170. The van der Waals surface area contributed by atoms with Gasteiger partial charge < -0.3 is 29.5 Å². The second kappa shape index (κ2) is 17.2. The highest BCUT2D eigenvalue weighted by Crippen LogP contribution is 2.44. The molecule has 0 aliphatic heterocycles. The summed E-state index contributed by atoms with van der Waals surface area (Å²) in [5.74, 6) is 0.760. The molecule has 3 heterocycles. The van der Waals surface area contributed by atoms with Gasteiger partial charge >= 0.3 is 12.1 Å². The van der Waals surface area contributed by atoms with Crippen molar-refractivity contribution >= 4 is 51.4 Å². The Kier molecular flexibility index (Phi) is 12.2. The Morgan fingerprint density at radius 1 is 1.02 bits per heavy atom. The second-order valence-corrected chi connectivity index (χ2v) is 15.1. The number of unbranched alkanes of at least 4 members (excludes halogenated alkanes) is 3. The molecule has 6 rings (SSSR count). The van der Waals surface area contributed by atoms with Gasteiger partial charge in [-0.2, -0.15) is 5.10 Å². The number of allylic oxidation sites excluding steroid dienone is 1. The van der Waals surface area contributed by atoms with Crippen molar-refractivity contribution in [2.24, 2.45) is 5.92 Å². The van der Waals surface area contributed by atoms with Crippen molar-refractivity contribution in [3.05, 3.63) is 72.6 Å². The Morgan fingerprint density at radius 2 is 1.84 bits per heavy atom. The molecule has 1 fully saturated rings. The summed E-state index contributed by atoms with van der Waals surface area (Å²) in [4.78, 5) is 36.2. The van der Waals surface area contributed by atoms with Gasteiger partial charge in [0.05, 0.1) is 48.3 Å². The van der Waals surface area contributed by atoms with Gasteiger partial charge in [-0.05, 0) is 83.6 Å². The molecule has 3 aromatic heterocycles. The van der Waals surface area contributed by atoms with Gasteiger partial charge in [0, 0.05) is 48.6 Å². The van der Waals surface area contributed by atoms with Crippen LogP contribution in [0.25, 0.3) is 39.1 Å². The highest BCUT2D eigenvalue weighted by molar-refractivity contribution is 6.06. The Labute approximate surface area is 322 Å². The molecule has 5 aromatic rings. The minimum atomic E-state index is -0.768. The molecule has 0 bridgehead atoms. The molecule has 0 unspecified atom stereocenters. The third kappa shape index (κ3) is 9.18. The van der Waals surface area contributed by atoms with Crippen LogP contribution in [0.1, 0.15) is 83.7 Å². The molecule has 0 spiro atoms. The van der Waals surface area contributed by atoms with E-state index < -0.39 is 23.6 Å². The molecule has 12 nitrogen and oxygen atoms in total. The van der Waals surface area contributed by atoms with Gasteiger partial charge in [-0.15, -0.1) is 0 Å². The number of nitrogens with zero attached hydrogens (tertiary/aromatic N) is 5. The summed E-state index contributed by atoms with van der Waals surface area (Å²) in [5.41, 5.74) is 4.50. The van der Waals surface area contributed by atoms with Crippen LogP contribution in [0.2, 0.25) is 0 Å². The number of methoxy groups -OCH3 is 2. The van der Waals surface area contributed by atoms with E-state index in [0.29, 0.717) is 36.7 Å². The summed E-state index contributed by atoms with van der Waals surface area (Å²) in [6, 6.07) is 15.7. The van der Waals surface area contributed by atoms with Gasteiger partial charge in [-0.25, -0.2) is 9.78 Å². The maximum Gasteiger partial charge on any atom is 0.407 e. The maximum absolute atomic E-state index is 12.3. The fraction of sp³-hybridized carbons (Fsp3) is 0.419. The van der Waals surface area contributed by atoms with Crippen LogP contribution in [0, 0.1) is 5.92 Å². The van der Waals surface area contributed by atoms with Gasteiger partial charge in [0.2, 0.25) is 0 Å². The van der Waals surface area contributed by atoms with E-state index in [1.807, 2.05) is 87.6 Å². The molecule has 55 heavy (non-hydrogen) atoms. The van der Waals surface area contributed by atoms with Crippen molar-refractivity contribution in [3.63, 3.8) is 0 Å². The van der Waals surface area contributed by atoms with E-state index in [1.54, 1.807) is 14.2 Å². The summed E-state index contributed by atoms with van der Waals surface area (Å²) in [7, 11) is 5.21. The van der Waals surface area contributed by atoms with Crippen LogP contribution in [-0.4, -0.2) is 70.3 Å². The zero-order chi connectivity index (χ0) is 39.1. The van der Waals surface area contributed by atoms with Crippen molar-refractivity contribution in [2.45, 2.75) is 83.8 Å². The number of fused-ring (bicyclic) bond motifs is 2. The van der Waals surface area contributed by atoms with Crippen LogP contribution < -0.4 is 19.7 Å². The molecule has 0 radical (unpaired) electrons. The Morgan fingerprint density at radius 3 is 2.60 bits per heavy atom. The number of aliphatic carboxylic acids is 1. The lowest BCUT2D eigenvalue weighted by molar-refractivity contribution is -0.143. The van der Waals surface area contributed by atoms with Gasteiger partial charge in [0.15, 0.2) is 0 Å². The number of carbonyl (C=O) groups is 2. The predicted octanol–water partition coefficient (Wildman–Crippen LogP) is 9.35. The average molecular weight is 749 g/mol. The van der Waals surface area contributed by atoms with E-state index >= 15 is 0 Å². The monoisotopic (exact) mass is 748 g/mol. The van der Waals surface area contributed by atoms with Crippen molar-refractivity contribution in [1.82, 2.24) is 25.1 Å². The summed E-state index contributed by atoms with van der Waals surface area (Å²) in [5, 5.41) is 20.1. The standard InChI is InChI=1S/C43H52N6O6/c1-43(2,3)55-42(52)44-22-13-9-7-8-10-16-30-26-46-40(48(4)35-21-20-33(53-5)25-36(35)54-6)37-38(31-23-28-15-11-12-19-34(28)45-27-31)47-49(39(30)37)32-18-14-17-29(24-32)41(50)51/h10-12,15-16,19-21,23,25-27,29,32H,7-9,13-14,17-18,22,24H2,1-6H3,(H,44,52)(H,50,51)/b16-10+/t29-,32-/m1/s1. The fourth-order valence-corrected chi connectivity index (χ4v) is 7.29. The topological polar surface area (TPSA) is 141 Å². The van der Waals surface area contributed by atoms with E-state index in [2.05, 4.69) is 28.2 Å². The molecule has 0 saturated heterocycles. The third-order valence-corrected chi connectivity index (χ3v) is 10.0. The number of pyridine rings is 2. The number of carboxylic acids is 1. The number of nitrogens with one attached hydrogen (secondary N) is 1. The fourth-order valence-electron chi connectivity index (χ4n) is 7.29. The molecule has 1 aliphatic rings. The van der Waals surface area contributed by atoms with E-state index in [-0.39, 0.29) is 6.04 Å². The number of carboxylic acid groups (broad SMARTS) is 1. The smallest absolute Gasteiger partial charge is 0.407 e. The highest BCUT2D eigenvalue weighted by atomic mass is 16.6. The first kappa shape index (κ1) is 39.1. The summed E-state index contributed by atoms with van der Waals surface area (Å²) in [6.45, 7) is 6.11. The summed E-state index contributed by atoms with van der Waals surface area (Å²) >= 11 is 0. The average Bonchev–Trinajstić information content (AvgIpc) is 3.58. The lowest BCUT2D eigenvalue weighted by Crippen LogP contribution is -2.32. The highest BCUT2D eigenvalue weighted by Gasteiger charge is 2.32. The number of aromatic nitrogens is 4. The largest absolute Gasteiger partial charge is 0.497 e. The number of rotatable bonds is 14. The number of hydrogen-bond acceptors (Lipinski definition) is 9. The molecule has 2 N–H and O–H groups in total. The number of hydrogen-bond donors (Lipinski definition) is 2. The predicted molar refractivity (Wildman–Crippen MR) is 216 cm³/mol. The first-order chi connectivity index (χ1) is 26.5. The second-order valence-electron chi connectivity index (χ2n) is 15.1. The van der Waals surface area contributed by atoms with Gasteiger partial charge in [-0.3, -0.25) is 14.5 Å². The molecule has 290 valence electrons. The third-order valence-electron chi connectivity index (χ3n) is 10.0. The molecular weight excluding hydrogens is 697 g/mol. The normalized spacial score (nSPS) is 16.0. The first-order valence-corrected chi connectivity index (χ1v) is 19.1. The minimum Gasteiger partial charge on any atom is -0.497 e. The summed E-state index contributed by atoms with van der Waals surface area (Å²) in [6.07, 6.45) is 13.9. The zero-order valence-electron chi connectivity index (χ0n) is 32.7. The molecule has 2 aromatic carbocycles. The zero-order valence-corrected chi connectivity index (χ0v) is 32.7. The van der Waals surface area contributed by atoms with Crippen LogP contribution in [-0.2, 0) is 9.53 Å². The van der Waals surface area contributed by atoms with E-state index in [9.17, 15) is 14.7 Å². The van der Waals surface area contributed by atoms with Crippen molar-refractivity contribution in [2.75, 3.05) is 32.7 Å². The van der Waals surface area contributed by atoms with Crippen LogP contribution in [0.5, 0.6) is 11.5 Å². The number of amides is 1. The van der Waals surface area contributed by atoms with Crippen LogP contribution in [0.3, 0.4) is 0 Å². The van der Waals surface area contributed by atoms with Gasteiger partial charge in [-0.1, -0.05) is 43.2 Å². The molecule has 1 aliphatic carbocycles. The minimum absolute atomic E-state index is 0.125. The lowest BCUT2D eigenvalue weighted by Gasteiger charge is -2.28. The van der Waals surface area contributed by atoms with E-state index in [4.69, 9.17) is 29.3 Å². The van der Waals surface area contributed by atoms with Gasteiger partial charge in [0.1, 0.15) is 28.6 Å². The van der Waals surface area contributed by atoms with Crippen molar-refractivity contribution in [1.29, 1.82) is 0 Å². The van der Waals surface area contributed by atoms with Crippen LogP contribution >= 0.6 is 0 Å². The number of anilines is 2. The van der Waals surface area contributed by atoms with Crippen molar-refractivity contribution in [3.8, 4) is 22.8 Å². The first-order valence-electron chi connectivity index (χ1n) is 19.1. The number of carbonyl (C=O) groups excluding carboxylic acids is 1. The number of benzene rings is 2. The summed E-state index contributed by atoms with van der Waals surface area (Å²) < 4.78 is 18.7. The molecular formula is C43H52N6O6. The number of para-hydroxylation sites is 1. The van der Waals surface area contributed by atoms with E-state index in [1.165, 1.54) is 0 Å². The Balaban J connectivity index is 1.41. The molecule has 1 saturated carbocycles. The molecule has 2 atom stereocenters. The quantitative estimate of drug-likeness (QED) is 0.106. The van der Waals surface area contributed by atoms with Gasteiger partial charge in [0.25, 0.3) is 0 Å². The number of ether oxygens (including phenoxy) is 3. The van der Waals surface area contributed by atoms with E-state index in [0.717, 1.165) is 82.8 Å². The van der Waals surface area contributed by atoms with Crippen LogP contribution in [0.4, 0.5) is 16.3 Å². The maximum atomic E-state index is 12.3. The lowest BCUT2D eigenvalue weighted by atomic mass is 9.85. The Hall–Kier alpha value is -5.65. The number of alkyl carbamates (subject to hydrolysis) is 1. The molecule has 1 amide bonds. The molecule has 12 heteroatoms. The van der Waals surface area contributed by atoms with Crippen LogP contribution in [0.15, 0.2) is 67.0 Å². The van der Waals surface area contributed by atoms with Crippen molar-refractivity contribution < 1.29 is 28.9 Å². The SMILES string of the molecule is COc1ccc(N(C)c2ncc(/C=C/CCCCCNC(=O)OC(C)(C)C)c3c2c(-c2cnc4ccccc4c2)nn3[C@@H]2CCC[C@@H](C(=O)O)C2)c(OC)c1.